The second kappa shape index (κ2) is 9.36. The van der Waals surface area contributed by atoms with E-state index in [1.807, 2.05) is 36.1 Å². The Labute approximate surface area is 189 Å². The summed E-state index contributed by atoms with van der Waals surface area (Å²) < 4.78 is 10.8. The van der Waals surface area contributed by atoms with E-state index in [2.05, 4.69) is 17.3 Å². The van der Waals surface area contributed by atoms with Crippen molar-refractivity contribution in [1.82, 2.24) is 15.1 Å². The van der Waals surface area contributed by atoms with Crippen LogP contribution in [0.3, 0.4) is 0 Å². The summed E-state index contributed by atoms with van der Waals surface area (Å²) in [4.78, 5) is 30.7. The molecule has 1 saturated carbocycles. The first kappa shape index (κ1) is 22.4. The van der Waals surface area contributed by atoms with E-state index in [1.54, 1.807) is 20.1 Å². The summed E-state index contributed by atoms with van der Waals surface area (Å²) in [5.41, 5.74) is 1.68. The minimum absolute atomic E-state index is 0.0607. The van der Waals surface area contributed by atoms with Gasteiger partial charge in [-0.15, -0.1) is 0 Å². The minimum Gasteiger partial charge on any atom is -0.497 e. The third-order valence-corrected chi connectivity index (χ3v) is 6.86. The summed E-state index contributed by atoms with van der Waals surface area (Å²) >= 11 is 0. The van der Waals surface area contributed by atoms with Crippen LogP contribution in [0.5, 0.6) is 5.75 Å². The van der Waals surface area contributed by atoms with Crippen molar-refractivity contribution in [3.05, 3.63) is 53.0 Å². The van der Waals surface area contributed by atoms with Gasteiger partial charge in [0.15, 0.2) is 0 Å². The lowest BCUT2D eigenvalue weighted by molar-refractivity contribution is -0.137. The molecule has 1 aliphatic carbocycles. The molecule has 1 aliphatic heterocycles. The van der Waals surface area contributed by atoms with Gasteiger partial charge in [-0.1, -0.05) is 12.1 Å². The number of furan rings is 1. The predicted molar refractivity (Wildman–Crippen MR) is 122 cm³/mol. The summed E-state index contributed by atoms with van der Waals surface area (Å²) in [6, 6.07) is 9.67. The van der Waals surface area contributed by atoms with Gasteiger partial charge in [-0.05, 0) is 63.4 Å². The van der Waals surface area contributed by atoms with Gasteiger partial charge in [-0.2, -0.15) is 0 Å². The molecule has 1 aromatic heterocycles. The number of likely N-dealkylation sites (N-methyl/N-ethyl adjacent to an activating group) is 1. The number of aryl methyl sites for hydroxylation is 2. The topological polar surface area (TPSA) is 75.0 Å². The first-order valence-electron chi connectivity index (χ1n) is 11.3. The highest BCUT2D eigenvalue weighted by molar-refractivity contribution is 5.95. The number of amides is 2. The number of hydrogen-bond donors (Lipinski definition) is 1. The van der Waals surface area contributed by atoms with Crippen LogP contribution in [0.15, 0.2) is 34.7 Å². The lowest BCUT2D eigenvalue weighted by Crippen LogP contribution is -2.49. The number of ether oxygens (including phenoxy) is 1. The summed E-state index contributed by atoms with van der Waals surface area (Å²) in [5, 5.41) is 3.16. The molecule has 4 rings (SSSR count). The van der Waals surface area contributed by atoms with Gasteiger partial charge in [0, 0.05) is 38.1 Å². The molecule has 1 saturated heterocycles. The van der Waals surface area contributed by atoms with Crippen LogP contribution in [-0.4, -0.2) is 68.0 Å². The van der Waals surface area contributed by atoms with Crippen molar-refractivity contribution in [1.29, 1.82) is 0 Å². The Bertz CT molecular complexity index is 960. The maximum atomic E-state index is 13.5. The lowest BCUT2D eigenvalue weighted by Gasteiger charge is -2.35. The van der Waals surface area contributed by atoms with Gasteiger partial charge >= 0.3 is 0 Å². The average molecular weight is 440 g/mol. The average Bonchev–Trinajstić information content (AvgIpc) is 3.36. The predicted octanol–water partition coefficient (Wildman–Crippen LogP) is 2.97. The number of methoxy groups -OCH3 is 1. The Morgan fingerprint density at radius 2 is 1.75 bits per heavy atom. The molecule has 0 radical (unpaired) electrons. The molecule has 0 bridgehead atoms. The molecule has 1 N–H and O–H groups in total. The Kier molecular flexibility index (Phi) is 6.55. The normalized spacial score (nSPS) is 23.9. The molecular formula is C25H33N3O4. The van der Waals surface area contributed by atoms with E-state index in [0.29, 0.717) is 17.7 Å². The zero-order valence-corrected chi connectivity index (χ0v) is 19.4. The molecule has 3 atom stereocenters. The first-order chi connectivity index (χ1) is 15.4. The van der Waals surface area contributed by atoms with Crippen molar-refractivity contribution in [2.24, 2.45) is 5.92 Å². The van der Waals surface area contributed by atoms with Crippen molar-refractivity contribution in [3.63, 3.8) is 0 Å². The fourth-order valence-corrected chi connectivity index (χ4v) is 5.03. The van der Waals surface area contributed by atoms with Gasteiger partial charge in [-0.3, -0.25) is 9.59 Å². The van der Waals surface area contributed by atoms with Crippen LogP contribution < -0.4 is 10.1 Å². The van der Waals surface area contributed by atoms with Crippen LogP contribution in [0.1, 0.15) is 46.2 Å². The molecule has 7 nitrogen and oxygen atoms in total. The number of nitrogens with one attached hydrogen (secondary N) is 1. The van der Waals surface area contributed by atoms with Crippen LogP contribution in [0.25, 0.3) is 0 Å². The first-order valence-corrected chi connectivity index (χ1v) is 11.3. The monoisotopic (exact) mass is 439 g/mol. The molecule has 0 unspecified atom stereocenters. The van der Waals surface area contributed by atoms with Crippen molar-refractivity contribution < 1.29 is 18.7 Å². The molecule has 0 spiro atoms. The fourth-order valence-electron chi connectivity index (χ4n) is 5.03. The second-order valence-electron chi connectivity index (χ2n) is 9.08. The van der Waals surface area contributed by atoms with E-state index in [9.17, 15) is 9.59 Å². The SMILES string of the molecule is COc1ccc([C@H]2C[C@H](NC(=O)c3cc(C)oc3C)C[C@@H]2C(=O)N2CCN(C)CC2)cc1. The summed E-state index contributed by atoms with van der Waals surface area (Å²) in [7, 11) is 3.73. The molecule has 2 heterocycles. The number of piperazine rings is 1. The van der Waals surface area contributed by atoms with Gasteiger partial charge in [0.1, 0.15) is 17.3 Å². The van der Waals surface area contributed by atoms with Gasteiger partial charge in [0.25, 0.3) is 5.91 Å². The third kappa shape index (κ3) is 4.67. The Morgan fingerprint density at radius 3 is 2.34 bits per heavy atom. The molecule has 2 fully saturated rings. The zero-order chi connectivity index (χ0) is 22.8. The highest BCUT2D eigenvalue weighted by atomic mass is 16.5. The van der Waals surface area contributed by atoms with E-state index < -0.39 is 0 Å². The van der Waals surface area contributed by atoms with Crippen molar-refractivity contribution in [3.8, 4) is 5.75 Å². The molecular weight excluding hydrogens is 406 g/mol. The fraction of sp³-hybridized carbons (Fsp3) is 0.520. The third-order valence-electron chi connectivity index (χ3n) is 6.86. The lowest BCUT2D eigenvalue weighted by atomic mass is 9.87. The van der Waals surface area contributed by atoms with Gasteiger partial charge in [-0.25, -0.2) is 0 Å². The Balaban J connectivity index is 1.53. The minimum atomic E-state index is -0.149. The number of nitrogens with zero attached hydrogens (tertiary/aromatic N) is 2. The van der Waals surface area contributed by atoms with Crippen LogP contribution in [-0.2, 0) is 4.79 Å². The van der Waals surface area contributed by atoms with Crippen LogP contribution in [0, 0.1) is 19.8 Å². The van der Waals surface area contributed by atoms with E-state index >= 15 is 0 Å². The van der Waals surface area contributed by atoms with Gasteiger partial charge < -0.3 is 24.3 Å². The standard InChI is InChI=1S/C25H33N3O4/c1-16-13-21(17(2)32-16)24(29)26-19-14-22(18-5-7-20(31-4)8-6-18)23(15-19)25(30)28-11-9-27(3)10-12-28/h5-8,13,19,22-23H,9-12,14-15H2,1-4H3,(H,26,29)/t19-,22+,23-/m0/s1. The zero-order valence-electron chi connectivity index (χ0n) is 19.4. The molecule has 1 aromatic carbocycles. The van der Waals surface area contributed by atoms with E-state index in [1.165, 1.54) is 0 Å². The van der Waals surface area contributed by atoms with Crippen LogP contribution >= 0.6 is 0 Å². The van der Waals surface area contributed by atoms with Gasteiger partial charge in [0.2, 0.25) is 5.91 Å². The molecule has 32 heavy (non-hydrogen) atoms. The van der Waals surface area contributed by atoms with Crippen molar-refractivity contribution in [2.45, 2.75) is 38.6 Å². The van der Waals surface area contributed by atoms with E-state index in [0.717, 1.165) is 49.7 Å². The molecule has 172 valence electrons. The summed E-state index contributed by atoms with van der Waals surface area (Å²) in [6.07, 6.45) is 1.38. The number of rotatable bonds is 5. The van der Waals surface area contributed by atoms with Crippen LogP contribution in [0.2, 0.25) is 0 Å². The number of carbonyl (C=O) groups is 2. The molecule has 2 aliphatic rings. The molecule has 7 heteroatoms. The van der Waals surface area contributed by atoms with Crippen molar-refractivity contribution in [2.75, 3.05) is 40.3 Å². The highest BCUT2D eigenvalue weighted by Crippen LogP contribution is 2.41. The quantitative estimate of drug-likeness (QED) is 0.775. The summed E-state index contributed by atoms with van der Waals surface area (Å²) in [6.45, 7) is 6.94. The van der Waals surface area contributed by atoms with Crippen LogP contribution in [0.4, 0.5) is 0 Å². The van der Waals surface area contributed by atoms with E-state index in [-0.39, 0.29) is 29.7 Å². The van der Waals surface area contributed by atoms with Crippen molar-refractivity contribution >= 4 is 11.8 Å². The maximum Gasteiger partial charge on any atom is 0.255 e. The highest BCUT2D eigenvalue weighted by Gasteiger charge is 2.42. The van der Waals surface area contributed by atoms with Gasteiger partial charge in [0.05, 0.1) is 12.7 Å². The largest absolute Gasteiger partial charge is 0.497 e. The van der Waals surface area contributed by atoms with E-state index in [4.69, 9.17) is 9.15 Å². The Morgan fingerprint density at radius 1 is 1.06 bits per heavy atom. The molecule has 2 aromatic rings. The molecule has 2 amide bonds. The Hall–Kier alpha value is -2.80. The number of benzene rings is 1. The number of hydrogen-bond acceptors (Lipinski definition) is 5. The smallest absolute Gasteiger partial charge is 0.255 e. The second-order valence-corrected chi connectivity index (χ2v) is 9.08. The maximum absolute atomic E-state index is 13.5. The summed E-state index contributed by atoms with van der Waals surface area (Å²) in [5.74, 6) is 2.11. The number of carbonyl (C=O) groups excluding carboxylic acids is 2.